The van der Waals surface area contributed by atoms with Gasteiger partial charge in [0, 0.05) is 11.3 Å². The summed E-state index contributed by atoms with van der Waals surface area (Å²) in [5, 5.41) is 0. The highest BCUT2D eigenvalue weighted by Gasteiger charge is 2.32. The van der Waals surface area contributed by atoms with Crippen molar-refractivity contribution in [1.29, 1.82) is 0 Å². The number of ether oxygens (including phenoxy) is 5. The summed E-state index contributed by atoms with van der Waals surface area (Å²) in [4.78, 5) is 34.8. The van der Waals surface area contributed by atoms with E-state index in [4.69, 9.17) is 23.7 Å². The van der Waals surface area contributed by atoms with Gasteiger partial charge in [0.1, 0.15) is 12.4 Å². The Bertz CT molecular complexity index is 968. The summed E-state index contributed by atoms with van der Waals surface area (Å²) in [5.41, 5.74) is 1.33. The number of carbonyl (C=O) groups excluding carboxylic acids is 2. The normalized spacial score (nSPS) is 13.7. The molecule has 0 saturated heterocycles. The third-order valence-electron chi connectivity index (χ3n) is 4.35. The van der Waals surface area contributed by atoms with E-state index in [1.165, 1.54) is 33.3 Å². The van der Waals surface area contributed by atoms with Crippen molar-refractivity contribution in [2.24, 2.45) is 0 Å². The molecule has 0 N–H and O–H groups in total. The van der Waals surface area contributed by atoms with E-state index in [2.05, 4.69) is 9.97 Å². The zero-order chi connectivity index (χ0) is 21.7. The Morgan fingerprint density at radius 1 is 0.967 bits per heavy atom. The quantitative estimate of drug-likeness (QED) is 0.645. The molecule has 2 heterocycles. The molecule has 1 aromatic heterocycles. The van der Waals surface area contributed by atoms with E-state index in [-0.39, 0.29) is 24.6 Å². The SMILES string of the molecule is COC(=O)C1=C(C(=O)OC)N(c2cccc(-c3nc(OC)cc(OC)n3)c2)COC1. The molecule has 2 aromatic rings. The van der Waals surface area contributed by atoms with Gasteiger partial charge in [-0.15, -0.1) is 0 Å². The first-order valence-corrected chi connectivity index (χ1v) is 8.85. The summed E-state index contributed by atoms with van der Waals surface area (Å²) in [7, 11) is 5.46. The van der Waals surface area contributed by atoms with E-state index in [1.807, 2.05) is 0 Å². The lowest BCUT2D eigenvalue weighted by Crippen LogP contribution is -2.38. The predicted octanol–water partition coefficient (Wildman–Crippen LogP) is 1.55. The van der Waals surface area contributed by atoms with Crippen molar-refractivity contribution in [2.45, 2.75) is 0 Å². The maximum atomic E-state index is 12.5. The fourth-order valence-corrected chi connectivity index (χ4v) is 2.90. The molecule has 158 valence electrons. The molecule has 0 radical (unpaired) electrons. The van der Waals surface area contributed by atoms with Crippen LogP contribution in [0.1, 0.15) is 0 Å². The Hall–Kier alpha value is -3.66. The summed E-state index contributed by atoms with van der Waals surface area (Å²) in [6.45, 7) is -0.0276. The first kappa shape index (κ1) is 21.1. The third kappa shape index (κ3) is 4.18. The number of hydrogen-bond donors (Lipinski definition) is 0. The Balaban J connectivity index is 2.08. The molecular weight excluding hydrogens is 394 g/mol. The summed E-state index contributed by atoms with van der Waals surface area (Å²) in [5.74, 6) is -0.304. The summed E-state index contributed by atoms with van der Waals surface area (Å²) in [6.07, 6.45) is 0. The highest BCUT2D eigenvalue weighted by molar-refractivity contribution is 6.03. The van der Waals surface area contributed by atoms with Crippen LogP contribution in [0.5, 0.6) is 11.8 Å². The van der Waals surface area contributed by atoms with Gasteiger partial charge in [0.2, 0.25) is 11.8 Å². The fourth-order valence-electron chi connectivity index (χ4n) is 2.90. The van der Waals surface area contributed by atoms with Crippen molar-refractivity contribution in [3.8, 4) is 23.1 Å². The van der Waals surface area contributed by atoms with E-state index in [0.717, 1.165) is 0 Å². The largest absolute Gasteiger partial charge is 0.481 e. The van der Waals surface area contributed by atoms with Crippen LogP contribution in [0, 0.1) is 0 Å². The smallest absolute Gasteiger partial charge is 0.355 e. The van der Waals surface area contributed by atoms with Gasteiger partial charge in [0.05, 0.1) is 46.7 Å². The Morgan fingerprint density at radius 3 is 2.23 bits per heavy atom. The van der Waals surface area contributed by atoms with E-state index >= 15 is 0 Å². The summed E-state index contributed by atoms with van der Waals surface area (Å²) < 4.78 is 25.6. The van der Waals surface area contributed by atoms with Crippen LogP contribution in [0.25, 0.3) is 11.4 Å². The first-order valence-electron chi connectivity index (χ1n) is 8.85. The second-order valence-corrected chi connectivity index (χ2v) is 6.04. The molecule has 10 nitrogen and oxygen atoms in total. The van der Waals surface area contributed by atoms with Gasteiger partial charge in [-0.05, 0) is 12.1 Å². The number of nitrogens with zero attached hydrogens (tertiary/aromatic N) is 3. The minimum Gasteiger partial charge on any atom is -0.481 e. The van der Waals surface area contributed by atoms with Crippen LogP contribution < -0.4 is 14.4 Å². The number of esters is 2. The van der Waals surface area contributed by atoms with Crippen LogP contribution >= 0.6 is 0 Å². The highest BCUT2D eigenvalue weighted by atomic mass is 16.5. The molecule has 0 bridgehead atoms. The molecule has 0 aliphatic carbocycles. The van der Waals surface area contributed by atoms with Gasteiger partial charge >= 0.3 is 11.9 Å². The summed E-state index contributed by atoms with van der Waals surface area (Å²) in [6, 6.07) is 8.63. The lowest BCUT2D eigenvalue weighted by atomic mass is 10.1. The van der Waals surface area contributed by atoms with Crippen LogP contribution in [0.2, 0.25) is 0 Å². The van der Waals surface area contributed by atoms with Crippen LogP contribution in [0.4, 0.5) is 5.69 Å². The molecule has 10 heteroatoms. The van der Waals surface area contributed by atoms with Crippen molar-refractivity contribution < 1.29 is 33.3 Å². The average Bonchev–Trinajstić information content (AvgIpc) is 2.82. The minimum absolute atomic E-state index is 0.0384. The van der Waals surface area contributed by atoms with Crippen LogP contribution in [0.15, 0.2) is 41.6 Å². The van der Waals surface area contributed by atoms with Crippen molar-refractivity contribution in [1.82, 2.24) is 9.97 Å². The van der Waals surface area contributed by atoms with Crippen molar-refractivity contribution in [3.05, 3.63) is 41.6 Å². The molecule has 1 aliphatic heterocycles. The topological polar surface area (TPSA) is 109 Å². The Morgan fingerprint density at radius 2 is 1.63 bits per heavy atom. The van der Waals surface area contributed by atoms with Gasteiger partial charge < -0.3 is 28.6 Å². The van der Waals surface area contributed by atoms with Crippen LogP contribution in [0.3, 0.4) is 0 Å². The number of aromatic nitrogens is 2. The Labute approximate surface area is 173 Å². The second-order valence-electron chi connectivity index (χ2n) is 6.04. The first-order chi connectivity index (χ1) is 14.5. The number of benzene rings is 1. The number of anilines is 1. The monoisotopic (exact) mass is 415 g/mol. The lowest BCUT2D eigenvalue weighted by Gasteiger charge is -2.31. The standard InChI is InChI=1S/C20H21N3O7/c1-26-15-9-16(27-2)22-18(21-15)12-6-5-7-13(8-12)23-11-30-10-14(19(24)28-3)17(23)20(25)29-4/h5-9H,10-11H2,1-4H3. The molecule has 0 fully saturated rings. The molecule has 3 rings (SSSR count). The average molecular weight is 415 g/mol. The molecule has 0 unspecified atom stereocenters. The van der Waals surface area contributed by atoms with E-state index in [9.17, 15) is 9.59 Å². The maximum absolute atomic E-state index is 12.5. The molecule has 1 aromatic carbocycles. The molecule has 0 atom stereocenters. The van der Waals surface area contributed by atoms with Crippen LogP contribution in [-0.2, 0) is 23.8 Å². The van der Waals surface area contributed by atoms with Gasteiger partial charge in [0.25, 0.3) is 0 Å². The number of methoxy groups -OCH3 is 4. The molecule has 30 heavy (non-hydrogen) atoms. The van der Waals surface area contributed by atoms with Crippen molar-refractivity contribution >= 4 is 17.6 Å². The fraction of sp³-hybridized carbons (Fsp3) is 0.300. The van der Waals surface area contributed by atoms with Crippen molar-refractivity contribution in [3.63, 3.8) is 0 Å². The Kier molecular flexibility index (Phi) is 6.48. The third-order valence-corrected chi connectivity index (χ3v) is 4.35. The van der Waals surface area contributed by atoms with E-state index < -0.39 is 11.9 Å². The predicted molar refractivity (Wildman–Crippen MR) is 105 cm³/mol. The van der Waals surface area contributed by atoms with Gasteiger partial charge in [-0.1, -0.05) is 12.1 Å². The lowest BCUT2D eigenvalue weighted by molar-refractivity contribution is -0.140. The maximum Gasteiger partial charge on any atom is 0.355 e. The number of carbonyl (C=O) groups is 2. The van der Waals surface area contributed by atoms with Gasteiger partial charge in [0.15, 0.2) is 5.82 Å². The van der Waals surface area contributed by atoms with Crippen molar-refractivity contribution in [2.75, 3.05) is 46.7 Å². The minimum atomic E-state index is -0.677. The number of hydrogen-bond acceptors (Lipinski definition) is 10. The number of rotatable bonds is 6. The van der Waals surface area contributed by atoms with E-state index in [1.54, 1.807) is 30.3 Å². The second kappa shape index (κ2) is 9.23. The molecular formula is C20H21N3O7. The molecule has 0 spiro atoms. The van der Waals surface area contributed by atoms with E-state index in [0.29, 0.717) is 28.8 Å². The zero-order valence-corrected chi connectivity index (χ0v) is 17.0. The summed E-state index contributed by atoms with van der Waals surface area (Å²) >= 11 is 0. The van der Waals surface area contributed by atoms with Gasteiger partial charge in [-0.25, -0.2) is 9.59 Å². The molecule has 1 aliphatic rings. The van der Waals surface area contributed by atoms with Crippen LogP contribution in [-0.4, -0.2) is 63.7 Å². The van der Waals surface area contributed by atoms with Gasteiger partial charge in [-0.2, -0.15) is 9.97 Å². The van der Waals surface area contributed by atoms with Gasteiger partial charge in [-0.3, -0.25) is 0 Å². The molecule has 0 amide bonds. The zero-order valence-electron chi connectivity index (χ0n) is 17.0. The molecule has 0 saturated carbocycles. The highest BCUT2D eigenvalue weighted by Crippen LogP contribution is 2.30.